The van der Waals surface area contributed by atoms with Crippen LogP contribution in [-0.2, 0) is 0 Å². The Morgan fingerprint density at radius 3 is 2.81 bits per heavy atom. The molecule has 0 fully saturated rings. The average molecular weight is 289 g/mol. The van der Waals surface area contributed by atoms with Gasteiger partial charge in [0.1, 0.15) is 17.9 Å². The number of hydrogen-bond donors (Lipinski definition) is 2. The van der Waals surface area contributed by atoms with E-state index in [0.29, 0.717) is 10.9 Å². The van der Waals surface area contributed by atoms with Crippen molar-refractivity contribution in [3.05, 3.63) is 28.2 Å². The Bertz CT molecular complexity index is 378. The minimum atomic E-state index is -1.05. The maximum Gasteiger partial charge on any atom is 0.339 e. The standard InChI is InChI=1S/C11H13BrO4/c1-2-8(13)6-16-10-4-3-7(12)5-9(10)11(14)15/h3-5,8,13H,2,6H2,1H3,(H,14,15). The number of ether oxygens (including phenoxy) is 1. The summed E-state index contributed by atoms with van der Waals surface area (Å²) in [5, 5.41) is 18.3. The average Bonchev–Trinajstić information content (AvgIpc) is 2.26. The molecule has 1 aromatic rings. The lowest BCUT2D eigenvalue weighted by molar-refractivity contribution is 0.0682. The van der Waals surface area contributed by atoms with Gasteiger partial charge >= 0.3 is 5.97 Å². The summed E-state index contributed by atoms with van der Waals surface area (Å²) >= 11 is 3.19. The third-order valence-electron chi connectivity index (χ3n) is 2.07. The van der Waals surface area contributed by atoms with E-state index in [-0.39, 0.29) is 17.9 Å². The van der Waals surface area contributed by atoms with Crippen molar-refractivity contribution in [2.24, 2.45) is 0 Å². The predicted molar refractivity (Wildman–Crippen MR) is 62.9 cm³/mol. The van der Waals surface area contributed by atoms with Crippen molar-refractivity contribution in [2.45, 2.75) is 19.4 Å². The van der Waals surface area contributed by atoms with E-state index < -0.39 is 12.1 Å². The Morgan fingerprint density at radius 2 is 2.25 bits per heavy atom. The maximum absolute atomic E-state index is 10.9. The number of carboxylic acid groups (broad SMARTS) is 1. The molecule has 0 aliphatic rings. The van der Waals surface area contributed by atoms with Crippen LogP contribution >= 0.6 is 15.9 Å². The summed E-state index contributed by atoms with van der Waals surface area (Å²) in [6.07, 6.45) is -0.0100. The van der Waals surface area contributed by atoms with E-state index in [4.69, 9.17) is 9.84 Å². The van der Waals surface area contributed by atoms with Gasteiger partial charge in [0.2, 0.25) is 0 Å². The van der Waals surface area contributed by atoms with Gasteiger partial charge in [-0.3, -0.25) is 0 Å². The molecule has 0 aliphatic carbocycles. The van der Waals surface area contributed by atoms with E-state index in [1.807, 2.05) is 6.92 Å². The van der Waals surface area contributed by atoms with Crippen molar-refractivity contribution < 1.29 is 19.7 Å². The van der Waals surface area contributed by atoms with Gasteiger partial charge in [-0.15, -0.1) is 0 Å². The highest BCUT2D eigenvalue weighted by Crippen LogP contribution is 2.23. The number of aliphatic hydroxyl groups is 1. The predicted octanol–water partition coefficient (Wildman–Crippen LogP) is 2.30. The number of carboxylic acids is 1. The van der Waals surface area contributed by atoms with Crippen LogP contribution in [0.3, 0.4) is 0 Å². The van der Waals surface area contributed by atoms with E-state index in [1.165, 1.54) is 6.07 Å². The molecule has 2 N–H and O–H groups in total. The number of rotatable bonds is 5. The summed E-state index contributed by atoms with van der Waals surface area (Å²) in [6.45, 7) is 1.92. The monoisotopic (exact) mass is 288 g/mol. The highest BCUT2D eigenvalue weighted by Gasteiger charge is 2.12. The molecule has 0 bridgehead atoms. The normalized spacial score (nSPS) is 12.2. The number of carbonyl (C=O) groups is 1. The first-order valence-electron chi connectivity index (χ1n) is 4.88. The summed E-state index contributed by atoms with van der Waals surface area (Å²) in [7, 11) is 0. The Labute approximate surface area is 102 Å². The first-order valence-corrected chi connectivity index (χ1v) is 5.67. The molecular weight excluding hydrogens is 276 g/mol. The van der Waals surface area contributed by atoms with Crippen LogP contribution in [0.5, 0.6) is 5.75 Å². The topological polar surface area (TPSA) is 66.8 Å². The molecule has 0 amide bonds. The second-order valence-corrected chi connectivity index (χ2v) is 4.23. The van der Waals surface area contributed by atoms with Crippen LogP contribution in [0.1, 0.15) is 23.7 Å². The lowest BCUT2D eigenvalue weighted by atomic mass is 10.2. The molecule has 0 radical (unpaired) electrons. The van der Waals surface area contributed by atoms with Crippen molar-refractivity contribution in [3.63, 3.8) is 0 Å². The van der Waals surface area contributed by atoms with Crippen molar-refractivity contribution in [1.82, 2.24) is 0 Å². The van der Waals surface area contributed by atoms with Gasteiger partial charge in [-0.1, -0.05) is 22.9 Å². The van der Waals surface area contributed by atoms with Crippen molar-refractivity contribution in [1.29, 1.82) is 0 Å². The minimum Gasteiger partial charge on any atom is -0.490 e. The van der Waals surface area contributed by atoms with Crippen LogP contribution in [0.25, 0.3) is 0 Å². The number of hydrogen-bond acceptors (Lipinski definition) is 3. The molecule has 0 saturated heterocycles. The largest absolute Gasteiger partial charge is 0.490 e. The summed E-state index contributed by atoms with van der Waals surface area (Å²) in [5.74, 6) is -0.787. The molecule has 0 saturated carbocycles. The molecule has 1 aromatic carbocycles. The van der Waals surface area contributed by atoms with Crippen molar-refractivity contribution >= 4 is 21.9 Å². The lowest BCUT2D eigenvalue weighted by Crippen LogP contribution is -2.17. The molecule has 0 heterocycles. The minimum absolute atomic E-state index is 0.0812. The smallest absolute Gasteiger partial charge is 0.339 e. The summed E-state index contributed by atoms with van der Waals surface area (Å²) in [4.78, 5) is 10.9. The molecule has 16 heavy (non-hydrogen) atoms. The first kappa shape index (κ1) is 13.0. The van der Waals surface area contributed by atoms with Crippen LogP contribution in [0.2, 0.25) is 0 Å². The fourth-order valence-electron chi connectivity index (χ4n) is 1.10. The molecule has 0 aliphatic heterocycles. The Morgan fingerprint density at radius 1 is 1.56 bits per heavy atom. The molecule has 1 unspecified atom stereocenters. The highest BCUT2D eigenvalue weighted by atomic mass is 79.9. The van der Waals surface area contributed by atoms with Gasteiger partial charge in [0.15, 0.2) is 0 Å². The number of aliphatic hydroxyl groups excluding tert-OH is 1. The summed E-state index contributed by atoms with van der Waals surface area (Å²) < 4.78 is 5.93. The molecular formula is C11H13BrO4. The molecule has 1 atom stereocenters. The fourth-order valence-corrected chi connectivity index (χ4v) is 1.46. The van der Waals surface area contributed by atoms with Gasteiger partial charge in [-0.25, -0.2) is 4.79 Å². The van der Waals surface area contributed by atoms with Gasteiger partial charge < -0.3 is 14.9 Å². The van der Waals surface area contributed by atoms with Crippen molar-refractivity contribution in [3.8, 4) is 5.75 Å². The van der Waals surface area contributed by atoms with Crippen LogP contribution in [0.4, 0.5) is 0 Å². The Hall–Kier alpha value is -1.07. The van der Waals surface area contributed by atoms with E-state index in [9.17, 15) is 9.90 Å². The van der Waals surface area contributed by atoms with E-state index >= 15 is 0 Å². The van der Waals surface area contributed by atoms with Crippen LogP contribution in [0, 0.1) is 0 Å². The van der Waals surface area contributed by atoms with Crippen LogP contribution in [-0.4, -0.2) is 28.9 Å². The van der Waals surface area contributed by atoms with Crippen molar-refractivity contribution in [2.75, 3.05) is 6.61 Å². The molecule has 88 valence electrons. The Balaban J connectivity index is 2.82. The molecule has 4 nitrogen and oxygen atoms in total. The first-order chi connectivity index (χ1) is 7.54. The summed E-state index contributed by atoms with van der Waals surface area (Å²) in [5.41, 5.74) is 0.0812. The summed E-state index contributed by atoms with van der Waals surface area (Å²) in [6, 6.07) is 4.73. The second kappa shape index (κ2) is 5.86. The van der Waals surface area contributed by atoms with Gasteiger partial charge in [-0.05, 0) is 24.6 Å². The van der Waals surface area contributed by atoms with E-state index in [2.05, 4.69) is 15.9 Å². The molecule has 0 aromatic heterocycles. The molecule has 0 spiro atoms. The SMILES string of the molecule is CCC(O)COc1ccc(Br)cc1C(=O)O. The number of aromatic carboxylic acids is 1. The maximum atomic E-state index is 10.9. The van der Waals surface area contributed by atoms with Crippen LogP contribution in [0.15, 0.2) is 22.7 Å². The lowest BCUT2D eigenvalue weighted by Gasteiger charge is -2.12. The Kier molecular flexibility index (Phi) is 4.76. The zero-order chi connectivity index (χ0) is 12.1. The van der Waals surface area contributed by atoms with Gasteiger partial charge in [0, 0.05) is 4.47 Å². The van der Waals surface area contributed by atoms with E-state index in [1.54, 1.807) is 12.1 Å². The third-order valence-corrected chi connectivity index (χ3v) is 2.57. The fraction of sp³-hybridized carbons (Fsp3) is 0.364. The molecule has 5 heteroatoms. The zero-order valence-electron chi connectivity index (χ0n) is 8.81. The van der Waals surface area contributed by atoms with Gasteiger partial charge in [0.25, 0.3) is 0 Å². The highest BCUT2D eigenvalue weighted by molar-refractivity contribution is 9.10. The molecule has 1 rings (SSSR count). The van der Waals surface area contributed by atoms with E-state index in [0.717, 1.165) is 0 Å². The zero-order valence-corrected chi connectivity index (χ0v) is 10.4. The van der Waals surface area contributed by atoms with Gasteiger partial charge in [0.05, 0.1) is 6.10 Å². The van der Waals surface area contributed by atoms with Gasteiger partial charge in [-0.2, -0.15) is 0 Å². The number of benzene rings is 1. The van der Waals surface area contributed by atoms with Crippen LogP contribution < -0.4 is 4.74 Å². The number of halogens is 1. The third kappa shape index (κ3) is 3.50. The quantitative estimate of drug-likeness (QED) is 0.872. The second-order valence-electron chi connectivity index (χ2n) is 3.32.